The van der Waals surface area contributed by atoms with E-state index >= 15 is 0 Å². The van der Waals surface area contributed by atoms with Crippen molar-refractivity contribution < 1.29 is 5.11 Å². The standard InChI is InChI=1S/C16H26N4OS.HI/c1-13(22-3)12-18-16(17-2)20-10-8-19(9-11-20)14-6-4-5-7-15(14)21;/h4-7,13,21H,8-12H2,1-3H3,(H,17,18);1H. The molecule has 1 heterocycles. The van der Waals surface area contributed by atoms with Crippen molar-refractivity contribution in [2.75, 3.05) is 50.9 Å². The molecule has 0 radical (unpaired) electrons. The largest absolute Gasteiger partial charge is 0.506 e. The number of phenolic OH excluding ortho intramolecular Hbond substituents is 1. The number of para-hydroxylation sites is 2. The van der Waals surface area contributed by atoms with Crippen molar-refractivity contribution >= 4 is 47.4 Å². The monoisotopic (exact) mass is 450 g/mol. The third kappa shape index (κ3) is 5.63. The third-order valence-electron chi connectivity index (χ3n) is 3.96. The Balaban J connectivity index is 0.00000264. The highest BCUT2D eigenvalue weighted by Gasteiger charge is 2.21. The van der Waals surface area contributed by atoms with Crippen molar-refractivity contribution in [3.05, 3.63) is 24.3 Å². The van der Waals surface area contributed by atoms with Crippen LogP contribution in [0.1, 0.15) is 6.92 Å². The van der Waals surface area contributed by atoms with Crippen LogP contribution in [-0.4, -0.2) is 67.2 Å². The van der Waals surface area contributed by atoms with E-state index in [-0.39, 0.29) is 24.0 Å². The van der Waals surface area contributed by atoms with Gasteiger partial charge in [0.2, 0.25) is 0 Å². The number of halogens is 1. The quantitative estimate of drug-likeness (QED) is 0.420. The van der Waals surface area contributed by atoms with Crippen LogP contribution in [0.2, 0.25) is 0 Å². The molecular weight excluding hydrogens is 423 g/mol. The van der Waals surface area contributed by atoms with E-state index in [9.17, 15) is 5.11 Å². The lowest BCUT2D eigenvalue weighted by molar-refractivity contribution is 0.370. The van der Waals surface area contributed by atoms with Gasteiger partial charge in [-0.15, -0.1) is 24.0 Å². The first-order valence-corrected chi connectivity index (χ1v) is 8.95. The Labute approximate surface area is 160 Å². The lowest BCUT2D eigenvalue weighted by Crippen LogP contribution is -2.53. The molecule has 130 valence electrons. The highest BCUT2D eigenvalue weighted by Crippen LogP contribution is 2.27. The molecule has 1 aromatic carbocycles. The van der Waals surface area contributed by atoms with Gasteiger partial charge in [0.1, 0.15) is 5.75 Å². The lowest BCUT2D eigenvalue weighted by atomic mass is 10.2. The molecule has 1 aliphatic heterocycles. The van der Waals surface area contributed by atoms with E-state index in [0.717, 1.165) is 44.4 Å². The molecule has 0 spiro atoms. The molecule has 2 rings (SSSR count). The topological polar surface area (TPSA) is 51.1 Å². The Hall–Kier alpha value is -0.830. The minimum Gasteiger partial charge on any atom is -0.506 e. The van der Waals surface area contributed by atoms with Crippen molar-refractivity contribution in [1.82, 2.24) is 10.2 Å². The minimum absolute atomic E-state index is 0. The summed E-state index contributed by atoms with van der Waals surface area (Å²) < 4.78 is 0. The number of phenols is 1. The summed E-state index contributed by atoms with van der Waals surface area (Å²) in [5.41, 5.74) is 0.918. The molecule has 1 aromatic rings. The fourth-order valence-electron chi connectivity index (χ4n) is 2.54. The fourth-order valence-corrected chi connectivity index (χ4v) is 2.79. The number of guanidine groups is 1. The van der Waals surface area contributed by atoms with Crippen molar-refractivity contribution in [2.45, 2.75) is 12.2 Å². The maximum Gasteiger partial charge on any atom is 0.193 e. The molecule has 0 saturated carbocycles. The number of piperazine rings is 1. The van der Waals surface area contributed by atoms with Gasteiger partial charge in [-0.2, -0.15) is 11.8 Å². The predicted octanol–water partition coefficient (Wildman–Crippen LogP) is 2.46. The number of hydrogen-bond donors (Lipinski definition) is 2. The first-order valence-electron chi connectivity index (χ1n) is 7.67. The van der Waals surface area contributed by atoms with Gasteiger partial charge < -0.3 is 20.2 Å². The van der Waals surface area contributed by atoms with E-state index in [0.29, 0.717) is 11.0 Å². The number of benzene rings is 1. The molecule has 1 atom stereocenters. The summed E-state index contributed by atoms with van der Waals surface area (Å²) >= 11 is 1.85. The van der Waals surface area contributed by atoms with Gasteiger partial charge in [0, 0.05) is 45.0 Å². The van der Waals surface area contributed by atoms with Crippen LogP contribution in [0, 0.1) is 0 Å². The van der Waals surface area contributed by atoms with Crippen LogP contribution < -0.4 is 10.2 Å². The Bertz CT molecular complexity index is 507. The zero-order valence-electron chi connectivity index (χ0n) is 14.0. The zero-order chi connectivity index (χ0) is 15.9. The average Bonchev–Trinajstić information content (AvgIpc) is 2.56. The van der Waals surface area contributed by atoms with Crippen LogP contribution in [0.4, 0.5) is 5.69 Å². The van der Waals surface area contributed by atoms with E-state index in [1.54, 1.807) is 6.07 Å². The number of anilines is 1. The number of aliphatic imine (C=N–C) groups is 1. The second-order valence-corrected chi connectivity index (χ2v) is 6.71. The van der Waals surface area contributed by atoms with Crippen molar-refractivity contribution in [3.8, 4) is 5.75 Å². The summed E-state index contributed by atoms with van der Waals surface area (Å²) in [5, 5.41) is 14.0. The SMILES string of the molecule is CN=C(NCC(C)SC)N1CCN(c2ccccc2O)CC1.I. The van der Waals surface area contributed by atoms with Gasteiger partial charge >= 0.3 is 0 Å². The normalized spacial score (nSPS) is 16.7. The molecule has 0 aliphatic carbocycles. The van der Waals surface area contributed by atoms with E-state index in [1.807, 2.05) is 37.0 Å². The molecule has 1 aliphatic rings. The molecule has 23 heavy (non-hydrogen) atoms. The second-order valence-electron chi connectivity index (χ2n) is 5.44. The third-order valence-corrected chi connectivity index (χ3v) is 4.93. The van der Waals surface area contributed by atoms with E-state index < -0.39 is 0 Å². The number of hydrogen-bond acceptors (Lipinski definition) is 4. The summed E-state index contributed by atoms with van der Waals surface area (Å²) in [5.74, 6) is 1.32. The Morgan fingerprint density at radius 2 is 1.96 bits per heavy atom. The summed E-state index contributed by atoms with van der Waals surface area (Å²) in [4.78, 5) is 8.89. The van der Waals surface area contributed by atoms with Crippen LogP contribution in [0.3, 0.4) is 0 Å². The summed E-state index contributed by atoms with van der Waals surface area (Å²) in [6.07, 6.45) is 2.13. The molecular formula is C16H27IN4OS. The van der Waals surface area contributed by atoms with Gasteiger partial charge in [-0.1, -0.05) is 19.1 Å². The van der Waals surface area contributed by atoms with Gasteiger partial charge in [0.05, 0.1) is 5.69 Å². The van der Waals surface area contributed by atoms with Crippen LogP contribution in [0.5, 0.6) is 5.75 Å². The first-order chi connectivity index (χ1) is 10.7. The summed E-state index contributed by atoms with van der Waals surface area (Å²) in [7, 11) is 1.83. The van der Waals surface area contributed by atoms with Gasteiger partial charge in [0.15, 0.2) is 5.96 Å². The van der Waals surface area contributed by atoms with Crippen LogP contribution in [0.25, 0.3) is 0 Å². The number of thioether (sulfide) groups is 1. The Morgan fingerprint density at radius 1 is 1.30 bits per heavy atom. The van der Waals surface area contributed by atoms with Gasteiger partial charge in [-0.3, -0.25) is 4.99 Å². The van der Waals surface area contributed by atoms with Crippen LogP contribution in [-0.2, 0) is 0 Å². The first kappa shape index (κ1) is 20.2. The number of nitrogens with one attached hydrogen (secondary N) is 1. The maximum atomic E-state index is 9.96. The minimum atomic E-state index is 0. The molecule has 0 aromatic heterocycles. The molecule has 0 bridgehead atoms. The number of rotatable bonds is 4. The second kappa shape index (κ2) is 10.1. The van der Waals surface area contributed by atoms with E-state index in [4.69, 9.17) is 0 Å². The molecule has 0 amide bonds. The average molecular weight is 450 g/mol. The van der Waals surface area contributed by atoms with Crippen LogP contribution >= 0.6 is 35.7 Å². The molecule has 1 saturated heterocycles. The van der Waals surface area contributed by atoms with Gasteiger partial charge in [-0.25, -0.2) is 0 Å². The zero-order valence-corrected chi connectivity index (χ0v) is 17.2. The molecule has 1 fully saturated rings. The number of aromatic hydroxyl groups is 1. The maximum absolute atomic E-state index is 9.96. The van der Waals surface area contributed by atoms with Crippen molar-refractivity contribution in [2.24, 2.45) is 4.99 Å². The summed E-state index contributed by atoms with van der Waals surface area (Å²) in [6, 6.07) is 7.53. The fraction of sp³-hybridized carbons (Fsp3) is 0.562. The van der Waals surface area contributed by atoms with Crippen molar-refractivity contribution in [1.29, 1.82) is 0 Å². The smallest absolute Gasteiger partial charge is 0.193 e. The predicted molar refractivity (Wildman–Crippen MR) is 112 cm³/mol. The number of nitrogens with zero attached hydrogens (tertiary/aromatic N) is 3. The van der Waals surface area contributed by atoms with Gasteiger partial charge in [0.25, 0.3) is 0 Å². The lowest BCUT2D eigenvalue weighted by Gasteiger charge is -2.38. The van der Waals surface area contributed by atoms with Gasteiger partial charge in [-0.05, 0) is 18.4 Å². The Kier molecular flexibility index (Phi) is 8.90. The highest BCUT2D eigenvalue weighted by molar-refractivity contribution is 14.0. The van der Waals surface area contributed by atoms with E-state index in [1.165, 1.54) is 0 Å². The van der Waals surface area contributed by atoms with Crippen molar-refractivity contribution in [3.63, 3.8) is 0 Å². The Morgan fingerprint density at radius 3 is 2.52 bits per heavy atom. The molecule has 1 unspecified atom stereocenters. The molecule has 5 nitrogen and oxygen atoms in total. The summed E-state index contributed by atoms with van der Waals surface area (Å²) in [6.45, 7) is 6.71. The molecule has 2 N–H and O–H groups in total. The molecule has 7 heteroatoms. The van der Waals surface area contributed by atoms with E-state index in [2.05, 4.69) is 33.3 Å². The van der Waals surface area contributed by atoms with Crippen LogP contribution in [0.15, 0.2) is 29.3 Å². The highest BCUT2D eigenvalue weighted by atomic mass is 127.